The Morgan fingerprint density at radius 2 is 1.79 bits per heavy atom. The highest BCUT2D eigenvalue weighted by Gasteiger charge is 2.23. The number of halogens is 1. The summed E-state index contributed by atoms with van der Waals surface area (Å²) < 4.78 is 19.1. The highest BCUT2D eigenvalue weighted by atomic mass is 19.1. The van der Waals surface area contributed by atoms with Crippen molar-refractivity contribution >= 4 is 5.69 Å². The Morgan fingerprint density at radius 1 is 1.11 bits per heavy atom. The smallest absolute Gasteiger partial charge is 0.137 e. The van der Waals surface area contributed by atoms with E-state index < -0.39 is 6.10 Å². The maximum absolute atomic E-state index is 13.1. The summed E-state index contributed by atoms with van der Waals surface area (Å²) >= 11 is 0. The topological polar surface area (TPSA) is 37.1 Å². The van der Waals surface area contributed by atoms with Gasteiger partial charge in [0, 0.05) is 5.69 Å². The largest absolute Gasteiger partial charge is 0.490 e. The van der Waals surface area contributed by atoms with Gasteiger partial charge in [-0.3, -0.25) is 0 Å². The van der Waals surface area contributed by atoms with Gasteiger partial charge in [-0.2, -0.15) is 0 Å². The fourth-order valence-corrected chi connectivity index (χ4v) is 3.76. The summed E-state index contributed by atoms with van der Waals surface area (Å²) in [6.45, 7) is 11.1. The molecule has 0 spiro atoms. The molecule has 4 nitrogen and oxygen atoms in total. The molecular weight excluding hydrogens is 355 g/mol. The molecule has 0 saturated carbocycles. The summed E-state index contributed by atoms with van der Waals surface area (Å²) in [7, 11) is 0. The van der Waals surface area contributed by atoms with Crippen molar-refractivity contribution < 1.29 is 19.1 Å². The van der Waals surface area contributed by atoms with E-state index in [9.17, 15) is 9.50 Å². The summed E-state index contributed by atoms with van der Waals surface area (Å²) in [6.07, 6.45) is -0.493. The number of aliphatic hydroxyl groups is 1. The fraction of sp³-hybridized carbons (Fsp3) is 0.478. The number of hydrogen-bond donors (Lipinski definition) is 2. The minimum absolute atomic E-state index is 0.203. The first-order valence-electron chi connectivity index (χ1n) is 10.2. The maximum atomic E-state index is 13.1. The average molecular weight is 388 g/mol. The van der Waals surface area contributed by atoms with Gasteiger partial charge in [-0.05, 0) is 54.3 Å². The Kier molecular flexibility index (Phi) is 6.92. The summed E-state index contributed by atoms with van der Waals surface area (Å²) in [5.41, 5.74) is 3.40. The molecular formula is C23H32FN2O2+. The van der Waals surface area contributed by atoms with Gasteiger partial charge in [0.15, 0.2) is 0 Å². The van der Waals surface area contributed by atoms with Gasteiger partial charge in [-0.15, -0.1) is 0 Å². The lowest BCUT2D eigenvalue weighted by atomic mass is 10.0. The molecule has 0 amide bonds. The zero-order valence-corrected chi connectivity index (χ0v) is 17.1. The number of aliphatic hydroxyl groups excluding tert-OH is 1. The zero-order chi connectivity index (χ0) is 20.1. The van der Waals surface area contributed by atoms with Crippen LogP contribution in [0.2, 0.25) is 0 Å². The number of nitrogens with one attached hydrogen (secondary N) is 1. The third kappa shape index (κ3) is 5.46. The van der Waals surface area contributed by atoms with E-state index in [1.807, 2.05) is 12.1 Å². The van der Waals surface area contributed by atoms with Gasteiger partial charge in [0.1, 0.15) is 30.8 Å². The van der Waals surface area contributed by atoms with Gasteiger partial charge in [0.2, 0.25) is 0 Å². The average Bonchev–Trinajstić information content (AvgIpc) is 2.67. The molecule has 1 aliphatic heterocycles. The third-order valence-electron chi connectivity index (χ3n) is 5.41. The van der Waals surface area contributed by atoms with Crippen molar-refractivity contribution in [2.75, 3.05) is 44.2 Å². The van der Waals surface area contributed by atoms with Gasteiger partial charge in [-0.25, -0.2) is 4.39 Å². The number of anilines is 1. The van der Waals surface area contributed by atoms with Crippen LogP contribution in [0.3, 0.4) is 0 Å². The number of rotatable bonds is 7. The summed E-state index contributed by atoms with van der Waals surface area (Å²) in [5, 5.41) is 10.5. The second-order valence-electron chi connectivity index (χ2n) is 8.08. The van der Waals surface area contributed by atoms with Crippen molar-refractivity contribution in [1.82, 2.24) is 0 Å². The van der Waals surface area contributed by atoms with Crippen LogP contribution >= 0.6 is 0 Å². The van der Waals surface area contributed by atoms with Crippen LogP contribution in [0.25, 0.3) is 0 Å². The van der Waals surface area contributed by atoms with Crippen molar-refractivity contribution in [3.63, 3.8) is 0 Å². The Hall–Kier alpha value is -2.11. The predicted octanol–water partition coefficient (Wildman–Crippen LogP) is 2.40. The predicted molar refractivity (Wildman–Crippen MR) is 111 cm³/mol. The lowest BCUT2D eigenvalue weighted by Gasteiger charge is -2.34. The second kappa shape index (κ2) is 9.39. The van der Waals surface area contributed by atoms with Crippen LogP contribution in [0.1, 0.15) is 30.9 Å². The summed E-state index contributed by atoms with van der Waals surface area (Å²) in [6, 6.07) is 12.9. The minimum atomic E-state index is -0.493. The molecule has 0 unspecified atom stereocenters. The summed E-state index contributed by atoms with van der Waals surface area (Å²) in [4.78, 5) is 3.65. The van der Waals surface area contributed by atoms with Gasteiger partial charge in [0.05, 0.1) is 26.2 Å². The number of benzene rings is 2. The number of piperazine rings is 1. The summed E-state index contributed by atoms with van der Waals surface area (Å²) in [5.74, 6) is 1.06. The van der Waals surface area contributed by atoms with Crippen LogP contribution in [-0.4, -0.2) is 50.5 Å². The molecule has 5 heteroatoms. The van der Waals surface area contributed by atoms with Crippen molar-refractivity contribution in [1.29, 1.82) is 0 Å². The lowest BCUT2D eigenvalue weighted by Crippen LogP contribution is -3.16. The van der Waals surface area contributed by atoms with E-state index in [-0.39, 0.29) is 5.82 Å². The second-order valence-corrected chi connectivity index (χ2v) is 8.08. The van der Waals surface area contributed by atoms with Gasteiger partial charge in [0.25, 0.3) is 0 Å². The highest BCUT2D eigenvalue weighted by molar-refractivity contribution is 5.46. The van der Waals surface area contributed by atoms with Gasteiger partial charge >= 0.3 is 0 Å². The number of ether oxygens (including phenoxy) is 1. The van der Waals surface area contributed by atoms with Crippen LogP contribution in [-0.2, 0) is 0 Å². The van der Waals surface area contributed by atoms with Crippen LogP contribution in [0.4, 0.5) is 10.1 Å². The molecule has 2 aromatic carbocycles. The van der Waals surface area contributed by atoms with E-state index in [2.05, 4.69) is 43.9 Å². The molecule has 1 fully saturated rings. The molecule has 0 aliphatic carbocycles. The van der Waals surface area contributed by atoms with Crippen LogP contribution in [0.5, 0.6) is 5.75 Å². The van der Waals surface area contributed by atoms with Gasteiger partial charge in [-0.1, -0.05) is 26.0 Å². The molecule has 1 heterocycles. The molecule has 0 aromatic heterocycles. The van der Waals surface area contributed by atoms with Crippen molar-refractivity contribution in [2.45, 2.75) is 32.8 Å². The fourth-order valence-electron chi connectivity index (χ4n) is 3.76. The number of quaternary nitrogens is 1. The van der Waals surface area contributed by atoms with Crippen molar-refractivity contribution in [3.05, 3.63) is 59.4 Å². The molecule has 3 rings (SSSR count). The highest BCUT2D eigenvalue weighted by Crippen LogP contribution is 2.27. The minimum Gasteiger partial charge on any atom is -0.490 e. The van der Waals surface area contributed by atoms with Crippen molar-refractivity contribution in [2.24, 2.45) is 0 Å². The Morgan fingerprint density at radius 3 is 2.43 bits per heavy atom. The molecule has 0 radical (unpaired) electrons. The molecule has 152 valence electrons. The standard InChI is InChI=1S/C23H31FN2O2/c1-17(2)22-9-4-18(3)14-23(22)28-16-21(27)15-25-10-12-26(13-11-25)20-7-5-19(24)6-8-20/h4-9,14,17,21,27H,10-13,15-16H2,1-3H3/p+1/t21-/m1/s1. The van der Waals surface area contributed by atoms with Crippen LogP contribution in [0, 0.1) is 12.7 Å². The van der Waals surface area contributed by atoms with Gasteiger partial charge < -0.3 is 19.6 Å². The Bertz CT molecular complexity index is 756. The lowest BCUT2D eigenvalue weighted by molar-refractivity contribution is -0.903. The molecule has 1 aliphatic rings. The van der Waals surface area contributed by atoms with E-state index in [1.54, 1.807) is 0 Å². The molecule has 1 saturated heterocycles. The van der Waals surface area contributed by atoms with E-state index >= 15 is 0 Å². The molecule has 1 atom stereocenters. The SMILES string of the molecule is Cc1ccc(C(C)C)c(OC[C@H](O)C[NH+]2CCN(c3ccc(F)cc3)CC2)c1. The third-order valence-corrected chi connectivity index (χ3v) is 5.41. The van der Waals surface area contributed by atoms with E-state index in [0.29, 0.717) is 19.1 Å². The molecule has 0 bridgehead atoms. The number of hydrogen-bond acceptors (Lipinski definition) is 3. The first-order chi connectivity index (χ1) is 13.4. The van der Waals surface area contributed by atoms with Crippen LogP contribution in [0.15, 0.2) is 42.5 Å². The Balaban J connectivity index is 1.47. The zero-order valence-electron chi connectivity index (χ0n) is 17.1. The first-order valence-corrected chi connectivity index (χ1v) is 10.2. The molecule has 2 N–H and O–H groups in total. The van der Waals surface area contributed by atoms with Crippen molar-refractivity contribution in [3.8, 4) is 5.75 Å². The maximum Gasteiger partial charge on any atom is 0.137 e. The van der Waals surface area contributed by atoms with Crippen LogP contribution < -0.4 is 14.5 Å². The number of nitrogens with zero attached hydrogens (tertiary/aromatic N) is 1. The normalized spacial score (nSPS) is 16.4. The molecule has 2 aromatic rings. The van der Waals surface area contributed by atoms with E-state index in [1.165, 1.54) is 22.6 Å². The quantitative estimate of drug-likeness (QED) is 0.766. The molecule has 28 heavy (non-hydrogen) atoms. The van der Waals surface area contributed by atoms with E-state index in [4.69, 9.17) is 4.74 Å². The van der Waals surface area contributed by atoms with E-state index in [0.717, 1.165) is 43.2 Å². The Labute approximate surface area is 167 Å². The number of aryl methyl sites for hydroxylation is 1. The monoisotopic (exact) mass is 387 g/mol. The first kappa shape index (κ1) is 20.6.